The van der Waals surface area contributed by atoms with E-state index in [0.29, 0.717) is 5.82 Å². The molecule has 0 atom stereocenters. The first-order chi connectivity index (χ1) is 8.17. The van der Waals surface area contributed by atoms with Crippen LogP contribution in [-0.4, -0.2) is 16.2 Å². The normalized spacial score (nSPS) is 10.3. The van der Waals surface area contributed by atoms with E-state index in [2.05, 4.69) is 33.7 Å². The summed E-state index contributed by atoms with van der Waals surface area (Å²) in [6.07, 6.45) is 2.05. The van der Waals surface area contributed by atoms with Crippen LogP contribution < -0.4 is 5.32 Å². The second-order valence-corrected chi connectivity index (χ2v) is 4.73. The summed E-state index contributed by atoms with van der Waals surface area (Å²) in [6.45, 7) is 1.88. The highest BCUT2D eigenvalue weighted by atomic mass is 35.5. The summed E-state index contributed by atoms with van der Waals surface area (Å²) < 4.78 is 0. The first-order valence-corrected chi connectivity index (χ1v) is 6.70. The van der Waals surface area contributed by atoms with Crippen LogP contribution in [0.25, 0.3) is 0 Å². The Morgan fingerprint density at radius 2 is 1.88 bits per heavy atom. The maximum absolute atomic E-state index is 5.80. The zero-order valence-corrected chi connectivity index (χ0v) is 11.1. The molecule has 0 aliphatic heterocycles. The molecule has 0 amide bonds. The Morgan fingerprint density at radius 3 is 2.47 bits per heavy atom. The van der Waals surface area contributed by atoms with Crippen LogP contribution in [0.1, 0.15) is 5.69 Å². The van der Waals surface area contributed by atoms with Gasteiger partial charge in [-0.05, 0) is 49.0 Å². The highest BCUT2D eigenvalue weighted by Gasteiger charge is 2.00. The maximum atomic E-state index is 5.80. The SMILES string of the molecule is CSc1ccc(Nc2cc(C)nc(Cl)n2)cc1. The third-order valence-electron chi connectivity index (χ3n) is 2.19. The van der Waals surface area contributed by atoms with E-state index in [9.17, 15) is 0 Å². The highest BCUT2D eigenvalue weighted by molar-refractivity contribution is 7.98. The predicted molar refractivity (Wildman–Crippen MR) is 73.3 cm³/mol. The second kappa shape index (κ2) is 5.38. The van der Waals surface area contributed by atoms with Gasteiger partial charge in [0.2, 0.25) is 5.28 Å². The molecule has 0 aliphatic rings. The molecule has 1 heterocycles. The van der Waals surface area contributed by atoms with E-state index in [1.807, 2.05) is 25.1 Å². The van der Waals surface area contributed by atoms with E-state index in [0.717, 1.165) is 11.4 Å². The summed E-state index contributed by atoms with van der Waals surface area (Å²) in [5.41, 5.74) is 1.82. The highest BCUT2D eigenvalue weighted by Crippen LogP contribution is 2.20. The Bertz CT molecular complexity index is 493. The second-order valence-electron chi connectivity index (χ2n) is 3.52. The summed E-state index contributed by atoms with van der Waals surface area (Å²) in [6, 6.07) is 9.99. The lowest BCUT2D eigenvalue weighted by atomic mass is 10.3. The van der Waals surface area contributed by atoms with Gasteiger partial charge in [-0.15, -0.1) is 11.8 Å². The van der Waals surface area contributed by atoms with E-state index in [4.69, 9.17) is 11.6 Å². The molecular weight excluding hydrogens is 254 g/mol. The number of hydrogen-bond acceptors (Lipinski definition) is 4. The molecule has 0 saturated heterocycles. The number of rotatable bonds is 3. The lowest BCUT2D eigenvalue weighted by Gasteiger charge is -2.07. The minimum absolute atomic E-state index is 0.258. The average molecular weight is 266 g/mol. The molecule has 17 heavy (non-hydrogen) atoms. The first-order valence-electron chi connectivity index (χ1n) is 5.09. The van der Waals surface area contributed by atoms with Crippen molar-refractivity contribution in [2.45, 2.75) is 11.8 Å². The quantitative estimate of drug-likeness (QED) is 0.675. The van der Waals surface area contributed by atoms with Crippen molar-refractivity contribution in [2.75, 3.05) is 11.6 Å². The summed E-state index contributed by atoms with van der Waals surface area (Å²) in [5, 5.41) is 3.45. The molecule has 0 saturated carbocycles. The minimum Gasteiger partial charge on any atom is -0.340 e. The number of benzene rings is 1. The molecule has 3 nitrogen and oxygen atoms in total. The molecule has 2 rings (SSSR count). The third-order valence-corrected chi connectivity index (χ3v) is 3.10. The van der Waals surface area contributed by atoms with Crippen LogP contribution in [-0.2, 0) is 0 Å². The van der Waals surface area contributed by atoms with Crippen molar-refractivity contribution >= 4 is 34.9 Å². The van der Waals surface area contributed by atoms with Crippen molar-refractivity contribution in [1.29, 1.82) is 0 Å². The molecule has 1 aromatic carbocycles. The summed E-state index contributed by atoms with van der Waals surface area (Å²) in [5.74, 6) is 0.708. The third kappa shape index (κ3) is 3.35. The molecule has 0 spiro atoms. The van der Waals surface area contributed by atoms with Crippen LogP contribution in [0.3, 0.4) is 0 Å². The van der Waals surface area contributed by atoms with Gasteiger partial charge < -0.3 is 5.32 Å². The molecule has 1 aromatic heterocycles. The number of nitrogens with one attached hydrogen (secondary N) is 1. The fourth-order valence-electron chi connectivity index (χ4n) is 1.42. The van der Waals surface area contributed by atoms with Crippen molar-refractivity contribution in [1.82, 2.24) is 9.97 Å². The monoisotopic (exact) mass is 265 g/mol. The minimum atomic E-state index is 0.258. The fraction of sp³-hybridized carbons (Fsp3) is 0.167. The lowest BCUT2D eigenvalue weighted by Crippen LogP contribution is -1.96. The Labute approximate surface area is 110 Å². The van der Waals surface area contributed by atoms with Gasteiger partial charge in [0.25, 0.3) is 0 Å². The Balaban J connectivity index is 2.19. The van der Waals surface area contributed by atoms with Crippen molar-refractivity contribution in [2.24, 2.45) is 0 Å². The van der Waals surface area contributed by atoms with E-state index in [-0.39, 0.29) is 5.28 Å². The Morgan fingerprint density at radius 1 is 1.18 bits per heavy atom. The van der Waals surface area contributed by atoms with Gasteiger partial charge in [-0.2, -0.15) is 0 Å². The number of hydrogen-bond donors (Lipinski definition) is 1. The van der Waals surface area contributed by atoms with E-state index >= 15 is 0 Å². The van der Waals surface area contributed by atoms with Crippen LogP contribution >= 0.6 is 23.4 Å². The first kappa shape index (κ1) is 12.2. The van der Waals surface area contributed by atoms with Gasteiger partial charge in [0, 0.05) is 22.3 Å². The van der Waals surface area contributed by atoms with Crippen LogP contribution in [0.5, 0.6) is 0 Å². The van der Waals surface area contributed by atoms with Gasteiger partial charge in [0.1, 0.15) is 5.82 Å². The van der Waals surface area contributed by atoms with Crippen molar-refractivity contribution < 1.29 is 0 Å². The van der Waals surface area contributed by atoms with Crippen LogP contribution in [0, 0.1) is 6.92 Å². The van der Waals surface area contributed by atoms with Gasteiger partial charge in [0.05, 0.1) is 0 Å². The number of aromatic nitrogens is 2. The van der Waals surface area contributed by atoms with Crippen molar-refractivity contribution in [3.05, 3.63) is 41.3 Å². The zero-order chi connectivity index (χ0) is 12.3. The summed E-state index contributed by atoms with van der Waals surface area (Å²) >= 11 is 7.51. The molecule has 0 bridgehead atoms. The predicted octanol–water partition coefficient (Wildman–Crippen LogP) is 3.90. The Kier molecular flexibility index (Phi) is 3.86. The van der Waals surface area contributed by atoms with Gasteiger partial charge in [0.15, 0.2) is 0 Å². The molecule has 0 fully saturated rings. The smallest absolute Gasteiger partial charge is 0.224 e. The molecule has 5 heteroatoms. The topological polar surface area (TPSA) is 37.8 Å². The van der Waals surface area contributed by atoms with Crippen molar-refractivity contribution in [3.63, 3.8) is 0 Å². The standard InChI is InChI=1S/C12H12ClN3S/c1-8-7-11(16-12(13)14-8)15-9-3-5-10(17-2)6-4-9/h3-7H,1-2H3,(H,14,15,16). The van der Waals surface area contributed by atoms with Crippen LogP contribution in [0.2, 0.25) is 5.28 Å². The molecule has 2 aromatic rings. The number of aryl methyl sites for hydroxylation is 1. The molecule has 0 radical (unpaired) electrons. The van der Waals surface area contributed by atoms with Crippen molar-refractivity contribution in [3.8, 4) is 0 Å². The lowest BCUT2D eigenvalue weighted by molar-refractivity contribution is 1.10. The van der Waals surface area contributed by atoms with E-state index in [1.165, 1.54) is 4.90 Å². The molecular formula is C12H12ClN3S. The molecule has 88 valence electrons. The van der Waals surface area contributed by atoms with Crippen LogP contribution in [0.4, 0.5) is 11.5 Å². The summed E-state index contributed by atoms with van der Waals surface area (Å²) in [7, 11) is 0. The summed E-state index contributed by atoms with van der Waals surface area (Å²) in [4.78, 5) is 9.35. The van der Waals surface area contributed by atoms with E-state index < -0.39 is 0 Å². The van der Waals surface area contributed by atoms with Gasteiger partial charge in [-0.25, -0.2) is 9.97 Å². The number of nitrogens with zero attached hydrogens (tertiary/aromatic N) is 2. The largest absolute Gasteiger partial charge is 0.340 e. The molecule has 1 N–H and O–H groups in total. The average Bonchev–Trinajstić information content (AvgIpc) is 2.28. The van der Waals surface area contributed by atoms with Gasteiger partial charge in [-0.1, -0.05) is 0 Å². The Hall–Kier alpha value is -1.26. The van der Waals surface area contributed by atoms with Crippen LogP contribution in [0.15, 0.2) is 35.2 Å². The van der Waals surface area contributed by atoms with E-state index in [1.54, 1.807) is 11.8 Å². The number of anilines is 2. The van der Waals surface area contributed by atoms with Gasteiger partial charge in [-0.3, -0.25) is 0 Å². The number of halogens is 1. The zero-order valence-electron chi connectivity index (χ0n) is 9.57. The fourth-order valence-corrected chi connectivity index (χ4v) is 2.05. The maximum Gasteiger partial charge on any atom is 0.224 e. The molecule has 0 unspecified atom stereocenters. The van der Waals surface area contributed by atoms with Gasteiger partial charge >= 0.3 is 0 Å². The molecule has 0 aliphatic carbocycles. The number of thioether (sulfide) groups is 1.